The molecule has 1 saturated heterocycles. The van der Waals surface area contributed by atoms with Crippen LogP contribution in [0.25, 0.3) is 0 Å². The van der Waals surface area contributed by atoms with Crippen molar-refractivity contribution in [1.82, 2.24) is 5.32 Å². The van der Waals surface area contributed by atoms with Crippen LogP contribution >= 0.6 is 0 Å². The van der Waals surface area contributed by atoms with Crippen LogP contribution in [0.1, 0.15) is 46.0 Å². The normalized spacial score (nSPS) is 31.5. The van der Waals surface area contributed by atoms with Crippen molar-refractivity contribution in [3.8, 4) is 0 Å². The SMILES string of the molecule is CCNC(C1=CCCCO1)C1(C)CCCCO1. The van der Waals surface area contributed by atoms with Crippen LogP contribution in [0.2, 0.25) is 0 Å². The van der Waals surface area contributed by atoms with Crippen LogP contribution in [0, 0.1) is 0 Å². The molecule has 2 unspecified atom stereocenters. The Bertz CT molecular complexity index is 269. The molecule has 0 aromatic carbocycles. The molecule has 1 N–H and O–H groups in total. The van der Waals surface area contributed by atoms with Gasteiger partial charge in [0.05, 0.1) is 18.2 Å². The Kier molecular flexibility index (Phi) is 4.46. The van der Waals surface area contributed by atoms with Gasteiger partial charge in [-0.15, -0.1) is 0 Å². The van der Waals surface area contributed by atoms with Gasteiger partial charge in [0.1, 0.15) is 5.76 Å². The van der Waals surface area contributed by atoms with Crippen LogP contribution in [0.15, 0.2) is 11.8 Å². The molecule has 98 valence electrons. The van der Waals surface area contributed by atoms with Gasteiger partial charge in [0.25, 0.3) is 0 Å². The molecule has 2 aliphatic rings. The van der Waals surface area contributed by atoms with Crippen LogP contribution in [-0.2, 0) is 9.47 Å². The minimum Gasteiger partial charge on any atom is -0.496 e. The van der Waals surface area contributed by atoms with Crippen LogP contribution in [0.5, 0.6) is 0 Å². The zero-order chi connectivity index (χ0) is 12.1. The lowest BCUT2D eigenvalue weighted by Crippen LogP contribution is -2.53. The molecule has 0 aromatic rings. The first-order chi connectivity index (χ1) is 8.26. The highest BCUT2D eigenvalue weighted by molar-refractivity contribution is 5.13. The maximum absolute atomic E-state index is 6.05. The molecule has 0 bridgehead atoms. The average Bonchev–Trinajstić information content (AvgIpc) is 2.38. The molecule has 0 radical (unpaired) electrons. The summed E-state index contributed by atoms with van der Waals surface area (Å²) in [6.45, 7) is 7.04. The zero-order valence-electron chi connectivity index (χ0n) is 11.1. The molecule has 3 heteroatoms. The van der Waals surface area contributed by atoms with E-state index < -0.39 is 0 Å². The van der Waals surface area contributed by atoms with E-state index in [2.05, 4.69) is 25.2 Å². The lowest BCUT2D eigenvalue weighted by molar-refractivity contribution is -0.0907. The van der Waals surface area contributed by atoms with Crippen molar-refractivity contribution in [2.24, 2.45) is 0 Å². The quantitative estimate of drug-likeness (QED) is 0.818. The van der Waals surface area contributed by atoms with Gasteiger partial charge in [0.2, 0.25) is 0 Å². The molecule has 2 aliphatic heterocycles. The molecule has 2 rings (SSSR count). The molecule has 0 aliphatic carbocycles. The number of hydrogen-bond donors (Lipinski definition) is 1. The highest BCUT2D eigenvalue weighted by Gasteiger charge is 2.39. The number of nitrogens with one attached hydrogen (secondary N) is 1. The van der Waals surface area contributed by atoms with Crippen molar-refractivity contribution in [2.45, 2.75) is 57.6 Å². The number of likely N-dealkylation sites (N-methyl/N-ethyl adjacent to an activating group) is 1. The fourth-order valence-corrected chi connectivity index (χ4v) is 2.78. The Hall–Kier alpha value is -0.540. The summed E-state index contributed by atoms with van der Waals surface area (Å²) in [6.07, 6.45) is 8.07. The minimum atomic E-state index is -0.0998. The first-order valence-electron chi connectivity index (χ1n) is 6.96. The summed E-state index contributed by atoms with van der Waals surface area (Å²) in [5.41, 5.74) is -0.0998. The molecular weight excluding hydrogens is 214 g/mol. The Morgan fingerprint density at radius 3 is 2.82 bits per heavy atom. The van der Waals surface area contributed by atoms with E-state index in [-0.39, 0.29) is 11.6 Å². The van der Waals surface area contributed by atoms with Gasteiger partial charge in [0, 0.05) is 6.61 Å². The number of allylic oxidation sites excluding steroid dienone is 1. The number of rotatable bonds is 4. The molecule has 2 atom stereocenters. The van der Waals surface area contributed by atoms with Crippen LogP contribution in [0.3, 0.4) is 0 Å². The van der Waals surface area contributed by atoms with Gasteiger partial charge in [0.15, 0.2) is 0 Å². The van der Waals surface area contributed by atoms with Crippen molar-refractivity contribution in [2.75, 3.05) is 19.8 Å². The number of hydrogen-bond acceptors (Lipinski definition) is 3. The largest absolute Gasteiger partial charge is 0.496 e. The smallest absolute Gasteiger partial charge is 0.112 e. The second-order valence-corrected chi connectivity index (χ2v) is 5.21. The maximum atomic E-state index is 6.05. The monoisotopic (exact) mass is 239 g/mol. The van der Waals surface area contributed by atoms with E-state index in [1.807, 2.05) is 0 Å². The average molecular weight is 239 g/mol. The van der Waals surface area contributed by atoms with Crippen molar-refractivity contribution in [3.63, 3.8) is 0 Å². The predicted octanol–water partition coefficient (Wildman–Crippen LogP) is 2.62. The fourth-order valence-electron chi connectivity index (χ4n) is 2.78. The highest BCUT2D eigenvalue weighted by atomic mass is 16.5. The van der Waals surface area contributed by atoms with E-state index in [1.165, 1.54) is 12.8 Å². The first-order valence-corrected chi connectivity index (χ1v) is 6.96. The van der Waals surface area contributed by atoms with E-state index in [4.69, 9.17) is 9.47 Å². The maximum Gasteiger partial charge on any atom is 0.112 e. The minimum absolute atomic E-state index is 0.0998. The third kappa shape index (κ3) is 3.02. The van der Waals surface area contributed by atoms with Crippen molar-refractivity contribution < 1.29 is 9.47 Å². The Morgan fingerprint density at radius 1 is 1.35 bits per heavy atom. The molecule has 2 heterocycles. The Morgan fingerprint density at radius 2 is 2.24 bits per heavy atom. The van der Waals surface area contributed by atoms with Gasteiger partial charge in [-0.25, -0.2) is 0 Å². The zero-order valence-corrected chi connectivity index (χ0v) is 11.1. The van der Waals surface area contributed by atoms with Gasteiger partial charge in [-0.05, 0) is 51.6 Å². The summed E-state index contributed by atoms with van der Waals surface area (Å²) in [5, 5.41) is 3.54. The second kappa shape index (κ2) is 5.87. The Balaban J connectivity index is 2.11. The third-order valence-electron chi connectivity index (χ3n) is 3.77. The molecule has 0 aromatic heterocycles. The van der Waals surface area contributed by atoms with Crippen molar-refractivity contribution in [3.05, 3.63) is 11.8 Å². The Labute approximate surface area is 105 Å². The van der Waals surface area contributed by atoms with E-state index in [9.17, 15) is 0 Å². The van der Waals surface area contributed by atoms with E-state index in [0.29, 0.717) is 0 Å². The lowest BCUT2D eigenvalue weighted by Gasteiger charge is -2.42. The lowest BCUT2D eigenvalue weighted by atomic mass is 9.86. The van der Waals surface area contributed by atoms with Gasteiger partial charge in [-0.3, -0.25) is 0 Å². The molecular formula is C14H25NO2. The van der Waals surface area contributed by atoms with Crippen LogP contribution in [0.4, 0.5) is 0 Å². The standard InChI is InChI=1S/C14H25NO2/c1-3-15-13(12-8-4-6-10-16-12)14(2)9-5-7-11-17-14/h8,13,15H,3-7,9-11H2,1-2H3. The molecule has 1 fully saturated rings. The highest BCUT2D eigenvalue weighted by Crippen LogP contribution is 2.32. The molecule has 0 spiro atoms. The molecule has 17 heavy (non-hydrogen) atoms. The van der Waals surface area contributed by atoms with E-state index >= 15 is 0 Å². The fraction of sp³-hybridized carbons (Fsp3) is 0.857. The summed E-state index contributed by atoms with van der Waals surface area (Å²) in [7, 11) is 0. The van der Waals surface area contributed by atoms with Crippen LogP contribution in [-0.4, -0.2) is 31.4 Å². The predicted molar refractivity (Wildman–Crippen MR) is 68.9 cm³/mol. The molecule has 3 nitrogen and oxygen atoms in total. The van der Waals surface area contributed by atoms with Crippen molar-refractivity contribution >= 4 is 0 Å². The van der Waals surface area contributed by atoms with Gasteiger partial charge < -0.3 is 14.8 Å². The summed E-state index contributed by atoms with van der Waals surface area (Å²) < 4.78 is 11.9. The van der Waals surface area contributed by atoms with Gasteiger partial charge in [-0.2, -0.15) is 0 Å². The molecule has 0 amide bonds. The summed E-state index contributed by atoms with van der Waals surface area (Å²) in [6, 6.07) is 0.216. The summed E-state index contributed by atoms with van der Waals surface area (Å²) in [4.78, 5) is 0. The first kappa shape index (κ1) is 12.9. The third-order valence-corrected chi connectivity index (χ3v) is 3.77. The summed E-state index contributed by atoms with van der Waals surface area (Å²) >= 11 is 0. The summed E-state index contributed by atoms with van der Waals surface area (Å²) in [5.74, 6) is 1.10. The van der Waals surface area contributed by atoms with Gasteiger partial charge in [-0.1, -0.05) is 6.92 Å². The van der Waals surface area contributed by atoms with E-state index in [0.717, 1.165) is 44.8 Å². The number of ether oxygens (including phenoxy) is 2. The van der Waals surface area contributed by atoms with E-state index in [1.54, 1.807) is 0 Å². The van der Waals surface area contributed by atoms with Crippen molar-refractivity contribution in [1.29, 1.82) is 0 Å². The topological polar surface area (TPSA) is 30.5 Å². The van der Waals surface area contributed by atoms with Gasteiger partial charge >= 0.3 is 0 Å². The van der Waals surface area contributed by atoms with Crippen LogP contribution < -0.4 is 5.32 Å². The molecule has 0 saturated carbocycles. The second-order valence-electron chi connectivity index (χ2n) is 5.21.